The van der Waals surface area contributed by atoms with E-state index in [2.05, 4.69) is 11.9 Å². The Morgan fingerprint density at radius 3 is 3.12 bits per heavy atom. The summed E-state index contributed by atoms with van der Waals surface area (Å²) in [5, 5.41) is 0. The first-order chi connectivity index (χ1) is 8.33. The number of pyridine rings is 1. The van der Waals surface area contributed by atoms with Crippen molar-refractivity contribution in [2.75, 3.05) is 0 Å². The Morgan fingerprint density at radius 1 is 1.47 bits per heavy atom. The van der Waals surface area contributed by atoms with Crippen molar-refractivity contribution < 1.29 is 4.74 Å². The Morgan fingerprint density at radius 2 is 2.35 bits per heavy atom. The Bertz CT molecular complexity index is 354. The second-order valence-corrected chi connectivity index (χ2v) is 4.83. The lowest BCUT2D eigenvalue weighted by molar-refractivity contribution is 0.120. The molecular formula is C14H22N2O. The van der Waals surface area contributed by atoms with Gasteiger partial charge in [-0.3, -0.25) is 4.98 Å². The summed E-state index contributed by atoms with van der Waals surface area (Å²) in [4.78, 5) is 4.25. The van der Waals surface area contributed by atoms with Crippen molar-refractivity contribution in [2.24, 2.45) is 11.7 Å². The summed E-state index contributed by atoms with van der Waals surface area (Å²) in [6, 6.07) is 3.89. The van der Waals surface area contributed by atoms with Gasteiger partial charge in [0.15, 0.2) is 0 Å². The largest absolute Gasteiger partial charge is 0.488 e. The predicted molar refractivity (Wildman–Crippen MR) is 68.8 cm³/mol. The fourth-order valence-corrected chi connectivity index (χ4v) is 2.58. The first-order valence-corrected chi connectivity index (χ1v) is 6.64. The molecule has 2 rings (SSSR count). The van der Waals surface area contributed by atoms with Crippen LogP contribution in [0.15, 0.2) is 18.3 Å². The van der Waals surface area contributed by atoms with Crippen molar-refractivity contribution in [2.45, 2.75) is 51.7 Å². The Kier molecular flexibility index (Phi) is 4.37. The van der Waals surface area contributed by atoms with Gasteiger partial charge in [-0.1, -0.05) is 19.8 Å². The second-order valence-electron chi connectivity index (χ2n) is 4.83. The molecule has 1 saturated carbocycles. The highest BCUT2D eigenvalue weighted by Gasteiger charge is 2.22. The average Bonchev–Trinajstić information content (AvgIpc) is 2.39. The topological polar surface area (TPSA) is 48.1 Å². The maximum absolute atomic E-state index is 6.07. The van der Waals surface area contributed by atoms with Gasteiger partial charge in [0.05, 0.1) is 11.8 Å². The van der Waals surface area contributed by atoms with Gasteiger partial charge in [0.2, 0.25) is 0 Å². The minimum Gasteiger partial charge on any atom is -0.488 e. The molecule has 1 aliphatic carbocycles. The van der Waals surface area contributed by atoms with Crippen molar-refractivity contribution in [3.63, 3.8) is 0 Å². The lowest BCUT2D eigenvalue weighted by Gasteiger charge is -2.29. The molecule has 17 heavy (non-hydrogen) atoms. The fraction of sp³-hybridized carbons (Fsp3) is 0.643. The molecule has 1 aromatic heterocycles. The maximum atomic E-state index is 6.07. The van der Waals surface area contributed by atoms with Crippen LogP contribution in [0.3, 0.4) is 0 Å². The monoisotopic (exact) mass is 234 g/mol. The van der Waals surface area contributed by atoms with Crippen molar-refractivity contribution in [1.29, 1.82) is 0 Å². The third kappa shape index (κ3) is 3.19. The van der Waals surface area contributed by atoms with Gasteiger partial charge in [0, 0.05) is 12.7 Å². The Hall–Kier alpha value is -1.09. The van der Waals surface area contributed by atoms with Gasteiger partial charge in [0.25, 0.3) is 0 Å². The SMILES string of the molecule is CCC1CCCC(Oc2cccnc2CN)C1. The van der Waals surface area contributed by atoms with Crippen LogP contribution < -0.4 is 10.5 Å². The molecule has 3 heteroatoms. The fourth-order valence-electron chi connectivity index (χ4n) is 2.58. The standard InChI is InChI=1S/C14H22N2O/c1-2-11-5-3-6-12(9-11)17-14-7-4-8-16-13(14)10-15/h4,7-8,11-12H,2-3,5-6,9-10,15H2,1H3. The Balaban J connectivity index is 2.00. The molecule has 2 N–H and O–H groups in total. The van der Waals surface area contributed by atoms with E-state index in [0.717, 1.165) is 23.8 Å². The maximum Gasteiger partial charge on any atom is 0.142 e. The summed E-state index contributed by atoms with van der Waals surface area (Å²) in [5.74, 6) is 1.70. The summed E-state index contributed by atoms with van der Waals surface area (Å²) >= 11 is 0. The third-order valence-electron chi connectivity index (χ3n) is 3.65. The molecule has 0 saturated heterocycles. The van der Waals surface area contributed by atoms with Crippen LogP contribution in [0, 0.1) is 5.92 Å². The minimum absolute atomic E-state index is 0.350. The van der Waals surface area contributed by atoms with E-state index in [1.807, 2.05) is 12.1 Å². The molecule has 0 spiro atoms. The lowest BCUT2D eigenvalue weighted by Crippen LogP contribution is -2.25. The van der Waals surface area contributed by atoms with Gasteiger partial charge in [-0.15, -0.1) is 0 Å². The molecule has 2 atom stereocenters. The molecule has 3 nitrogen and oxygen atoms in total. The van der Waals surface area contributed by atoms with E-state index in [1.165, 1.54) is 25.7 Å². The van der Waals surface area contributed by atoms with Gasteiger partial charge >= 0.3 is 0 Å². The lowest BCUT2D eigenvalue weighted by atomic mass is 9.85. The molecule has 94 valence electrons. The number of hydrogen-bond acceptors (Lipinski definition) is 3. The van der Waals surface area contributed by atoms with Gasteiger partial charge in [-0.05, 0) is 37.3 Å². The van der Waals surface area contributed by atoms with Crippen LogP contribution in [0.1, 0.15) is 44.7 Å². The van der Waals surface area contributed by atoms with E-state index in [9.17, 15) is 0 Å². The highest BCUT2D eigenvalue weighted by molar-refractivity contribution is 5.26. The first-order valence-electron chi connectivity index (χ1n) is 6.64. The molecule has 0 radical (unpaired) electrons. The number of aromatic nitrogens is 1. The van der Waals surface area contributed by atoms with Crippen LogP contribution in [0.25, 0.3) is 0 Å². The summed E-state index contributed by atoms with van der Waals surface area (Å²) < 4.78 is 6.07. The minimum atomic E-state index is 0.350. The van der Waals surface area contributed by atoms with Gasteiger partial charge in [-0.25, -0.2) is 0 Å². The van der Waals surface area contributed by atoms with E-state index in [0.29, 0.717) is 12.6 Å². The highest BCUT2D eigenvalue weighted by Crippen LogP contribution is 2.30. The van der Waals surface area contributed by atoms with Gasteiger partial charge in [-0.2, -0.15) is 0 Å². The molecular weight excluding hydrogens is 212 g/mol. The van der Waals surface area contributed by atoms with E-state index in [1.54, 1.807) is 6.20 Å². The van der Waals surface area contributed by atoms with Crippen LogP contribution >= 0.6 is 0 Å². The van der Waals surface area contributed by atoms with Gasteiger partial charge in [0.1, 0.15) is 5.75 Å². The highest BCUT2D eigenvalue weighted by atomic mass is 16.5. The number of ether oxygens (including phenoxy) is 1. The number of rotatable bonds is 4. The second kappa shape index (κ2) is 6.01. The van der Waals surface area contributed by atoms with Crippen LogP contribution in [0.4, 0.5) is 0 Å². The first kappa shape index (κ1) is 12.4. The summed E-state index contributed by atoms with van der Waals surface area (Å²) in [5.41, 5.74) is 6.53. The van der Waals surface area contributed by atoms with Crippen molar-refractivity contribution >= 4 is 0 Å². The van der Waals surface area contributed by atoms with Crippen molar-refractivity contribution in [3.05, 3.63) is 24.0 Å². The van der Waals surface area contributed by atoms with Crippen LogP contribution in [-0.4, -0.2) is 11.1 Å². The number of nitrogens with two attached hydrogens (primary N) is 1. The smallest absolute Gasteiger partial charge is 0.142 e. The zero-order chi connectivity index (χ0) is 12.1. The molecule has 1 aliphatic rings. The zero-order valence-corrected chi connectivity index (χ0v) is 10.6. The van der Waals surface area contributed by atoms with Crippen LogP contribution in [-0.2, 0) is 6.54 Å². The van der Waals surface area contributed by atoms with Crippen molar-refractivity contribution in [3.8, 4) is 5.75 Å². The quantitative estimate of drug-likeness (QED) is 0.871. The summed E-state index contributed by atoms with van der Waals surface area (Å²) in [6.45, 7) is 2.71. The number of nitrogens with zero attached hydrogens (tertiary/aromatic N) is 1. The van der Waals surface area contributed by atoms with Crippen LogP contribution in [0.5, 0.6) is 5.75 Å². The zero-order valence-electron chi connectivity index (χ0n) is 10.6. The molecule has 0 aromatic carbocycles. The van der Waals surface area contributed by atoms with E-state index >= 15 is 0 Å². The normalized spacial score (nSPS) is 24.6. The third-order valence-corrected chi connectivity index (χ3v) is 3.65. The van der Waals surface area contributed by atoms with Crippen molar-refractivity contribution in [1.82, 2.24) is 4.98 Å². The predicted octanol–water partition coefficient (Wildman–Crippen LogP) is 2.89. The van der Waals surface area contributed by atoms with E-state index < -0.39 is 0 Å². The molecule has 1 fully saturated rings. The average molecular weight is 234 g/mol. The van der Waals surface area contributed by atoms with E-state index in [-0.39, 0.29) is 0 Å². The molecule has 1 heterocycles. The summed E-state index contributed by atoms with van der Waals surface area (Å²) in [6.07, 6.45) is 8.35. The molecule has 2 unspecified atom stereocenters. The number of hydrogen-bond donors (Lipinski definition) is 1. The molecule has 0 bridgehead atoms. The van der Waals surface area contributed by atoms with Gasteiger partial charge < -0.3 is 10.5 Å². The molecule has 0 amide bonds. The van der Waals surface area contributed by atoms with E-state index in [4.69, 9.17) is 10.5 Å². The van der Waals surface area contributed by atoms with Crippen LogP contribution in [0.2, 0.25) is 0 Å². The Labute approximate surface area is 103 Å². The summed E-state index contributed by atoms with van der Waals surface area (Å²) in [7, 11) is 0. The molecule has 1 aromatic rings. The molecule has 0 aliphatic heterocycles.